The maximum Gasteiger partial charge on any atom is 0.234 e. The third-order valence-electron chi connectivity index (χ3n) is 5.09. The lowest BCUT2D eigenvalue weighted by Gasteiger charge is -2.31. The molecule has 0 spiro atoms. The molecule has 0 atom stereocenters. The van der Waals surface area contributed by atoms with Crippen molar-refractivity contribution in [1.29, 1.82) is 0 Å². The Bertz CT molecular complexity index is 679. The summed E-state index contributed by atoms with van der Waals surface area (Å²) in [5.41, 5.74) is 2.61. The Labute approximate surface area is 161 Å². The molecule has 0 unspecified atom stereocenters. The van der Waals surface area contributed by atoms with Crippen LogP contribution in [0.2, 0.25) is 5.02 Å². The summed E-state index contributed by atoms with van der Waals surface area (Å²) in [6.07, 6.45) is 4.34. The average Bonchev–Trinajstić information content (AvgIpc) is 2.66. The largest absolute Gasteiger partial charge is 0.355 e. The lowest BCUT2D eigenvalue weighted by molar-refractivity contribution is -0.122. The van der Waals surface area contributed by atoms with Gasteiger partial charge in [-0.3, -0.25) is 9.69 Å². The molecule has 4 heteroatoms. The zero-order valence-electron chi connectivity index (χ0n) is 15.2. The van der Waals surface area contributed by atoms with Gasteiger partial charge in [0.1, 0.15) is 0 Å². The van der Waals surface area contributed by atoms with E-state index in [0.29, 0.717) is 13.1 Å². The van der Waals surface area contributed by atoms with E-state index in [1.807, 2.05) is 24.3 Å². The van der Waals surface area contributed by atoms with Crippen LogP contribution in [-0.4, -0.2) is 37.0 Å². The van der Waals surface area contributed by atoms with E-state index in [1.54, 1.807) is 0 Å². The number of nitrogens with zero attached hydrogens (tertiary/aromatic N) is 1. The van der Waals surface area contributed by atoms with Gasteiger partial charge in [-0.1, -0.05) is 54.1 Å². The van der Waals surface area contributed by atoms with Crippen LogP contribution in [0.15, 0.2) is 54.6 Å². The minimum atomic E-state index is 0.125. The highest BCUT2D eigenvalue weighted by Crippen LogP contribution is 2.21. The summed E-state index contributed by atoms with van der Waals surface area (Å²) < 4.78 is 0. The van der Waals surface area contributed by atoms with Crippen molar-refractivity contribution >= 4 is 17.5 Å². The lowest BCUT2D eigenvalue weighted by Crippen LogP contribution is -2.42. The number of amides is 1. The Morgan fingerprint density at radius 1 is 1.00 bits per heavy atom. The van der Waals surface area contributed by atoms with Crippen molar-refractivity contribution in [3.8, 4) is 0 Å². The summed E-state index contributed by atoms with van der Waals surface area (Å²) in [5.74, 6) is 0.863. The first kappa shape index (κ1) is 18.9. The van der Waals surface area contributed by atoms with Gasteiger partial charge in [-0.05, 0) is 68.0 Å². The van der Waals surface area contributed by atoms with Gasteiger partial charge in [-0.2, -0.15) is 0 Å². The van der Waals surface area contributed by atoms with Crippen LogP contribution in [0.5, 0.6) is 0 Å². The van der Waals surface area contributed by atoms with E-state index in [2.05, 4.69) is 40.5 Å². The Hall–Kier alpha value is -1.84. The fourth-order valence-corrected chi connectivity index (χ4v) is 3.68. The summed E-state index contributed by atoms with van der Waals surface area (Å²) in [6, 6.07) is 18.5. The minimum absolute atomic E-state index is 0.125. The van der Waals surface area contributed by atoms with Gasteiger partial charge in [0.15, 0.2) is 0 Å². The molecular formula is C22H27ClN2O. The van der Waals surface area contributed by atoms with E-state index >= 15 is 0 Å². The second kappa shape index (κ2) is 9.75. The van der Waals surface area contributed by atoms with Crippen LogP contribution in [0, 0.1) is 5.92 Å². The maximum atomic E-state index is 12.2. The third kappa shape index (κ3) is 6.15. The van der Waals surface area contributed by atoms with Gasteiger partial charge >= 0.3 is 0 Å². The number of halogens is 1. The van der Waals surface area contributed by atoms with Crippen LogP contribution in [0.4, 0.5) is 0 Å². The van der Waals surface area contributed by atoms with Gasteiger partial charge in [0, 0.05) is 11.6 Å². The third-order valence-corrected chi connectivity index (χ3v) is 5.34. The highest BCUT2D eigenvalue weighted by Gasteiger charge is 2.20. The molecule has 3 rings (SSSR count). The van der Waals surface area contributed by atoms with E-state index in [0.717, 1.165) is 36.9 Å². The summed E-state index contributed by atoms with van der Waals surface area (Å²) in [4.78, 5) is 14.4. The molecule has 1 aliphatic rings. The van der Waals surface area contributed by atoms with Crippen molar-refractivity contribution in [2.45, 2.75) is 25.7 Å². The smallest absolute Gasteiger partial charge is 0.234 e. The molecule has 0 aliphatic carbocycles. The topological polar surface area (TPSA) is 32.3 Å². The molecule has 1 fully saturated rings. The molecule has 3 nitrogen and oxygen atoms in total. The van der Waals surface area contributed by atoms with Crippen LogP contribution >= 0.6 is 11.6 Å². The molecule has 1 N–H and O–H groups in total. The first-order valence-electron chi connectivity index (χ1n) is 9.46. The van der Waals surface area contributed by atoms with Crippen LogP contribution in [0.25, 0.3) is 0 Å². The fourth-order valence-electron chi connectivity index (χ4n) is 3.55. The highest BCUT2D eigenvalue weighted by molar-refractivity contribution is 6.30. The minimum Gasteiger partial charge on any atom is -0.355 e. The summed E-state index contributed by atoms with van der Waals surface area (Å²) >= 11 is 5.88. The Kier molecular flexibility index (Phi) is 7.10. The molecule has 1 saturated heterocycles. The predicted molar refractivity (Wildman–Crippen MR) is 107 cm³/mol. The van der Waals surface area contributed by atoms with Gasteiger partial charge in [-0.25, -0.2) is 0 Å². The molecule has 0 bridgehead atoms. The van der Waals surface area contributed by atoms with E-state index in [1.165, 1.54) is 24.0 Å². The zero-order chi connectivity index (χ0) is 18.2. The molecule has 26 heavy (non-hydrogen) atoms. The highest BCUT2D eigenvalue weighted by atomic mass is 35.5. The Balaban J connectivity index is 1.32. The molecule has 2 aromatic carbocycles. The number of likely N-dealkylation sites (tertiary alicyclic amines) is 1. The molecule has 1 aliphatic heterocycles. The van der Waals surface area contributed by atoms with Crippen LogP contribution in [0.1, 0.15) is 24.0 Å². The number of carbonyl (C=O) groups excluding carboxylic acids is 1. The van der Waals surface area contributed by atoms with Gasteiger partial charge in [-0.15, -0.1) is 0 Å². The van der Waals surface area contributed by atoms with E-state index < -0.39 is 0 Å². The van der Waals surface area contributed by atoms with Crippen LogP contribution < -0.4 is 5.32 Å². The number of nitrogens with one attached hydrogen (secondary N) is 1. The number of rotatable bonds is 7. The summed E-state index contributed by atoms with van der Waals surface area (Å²) in [6.45, 7) is 3.22. The zero-order valence-corrected chi connectivity index (χ0v) is 15.9. The summed E-state index contributed by atoms with van der Waals surface area (Å²) in [7, 11) is 0. The second-order valence-electron chi connectivity index (χ2n) is 7.14. The normalized spacial score (nSPS) is 15.7. The molecule has 138 valence electrons. The molecule has 1 amide bonds. The maximum absolute atomic E-state index is 12.2. The van der Waals surface area contributed by atoms with Crippen molar-refractivity contribution < 1.29 is 4.79 Å². The fraction of sp³-hybridized carbons (Fsp3) is 0.409. The molecule has 0 radical (unpaired) electrons. The SMILES string of the molecule is O=C(CN1CCC(Cc2ccccc2)CC1)NCCc1ccc(Cl)cc1. The molecule has 0 saturated carbocycles. The average molecular weight is 371 g/mol. The van der Waals surface area contributed by atoms with Crippen molar-refractivity contribution in [3.05, 3.63) is 70.7 Å². The lowest BCUT2D eigenvalue weighted by atomic mass is 9.90. The number of benzene rings is 2. The molecule has 1 heterocycles. The van der Waals surface area contributed by atoms with Gasteiger partial charge in [0.25, 0.3) is 0 Å². The molecule has 2 aromatic rings. The van der Waals surface area contributed by atoms with E-state index in [9.17, 15) is 4.79 Å². The number of carbonyl (C=O) groups is 1. The Morgan fingerprint density at radius 2 is 1.69 bits per heavy atom. The quantitative estimate of drug-likeness (QED) is 0.800. The first-order valence-corrected chi connectivity index (χ1v) is 9.84. The van der Waals surface area contributed by atoms with Crippen molar-refractivity contribution in [3.63, 3.8) is 0 Å². The van der Waals surface area contributed by atoms with Gasteiger partial charge in [0.05, 0.1) is 6.54 Å². The van der Waals surface area contributed by atoms with Crippen molar-refractivity contribution in [2.24, 2.45) is 5.92 Å². The van der Waals surface area contributed by atoms with Crippen molar-refractivity contribution in [1.82, 2.24) is 10.2 Å². The number of piperidine rings is 1. The first-order chi connectivity index (χ1) is 12.7. The van der Waals surface area contributed by atoms with Crippen molar-refractivity contribution in [2.75, 3.05) is 26.2 Å². The van der Waals surface area contributed by atoms with E-state index in [-0.39, 0.29) is 5.91 Å². The van der Waals surface area contributed by atoms with Gasteiger partial charge in [0.2, 0.25) is 5.91 Å². The molecule has 0 aromatic heterocycles. The summed E-state index contributed by atoms with van der Waals surface area (Å²) in [5, 5.41) is 3.77. The van der Waals surface area contributed by atoms with Crippen LogP contribution in [0.3, 0.4) is 0 Å². The Morgan fingerprint density at radius 3 is 2.38 bits per heavy atom. The predicted octanol–water partition coefficient (Wildman–Crippen LogP) is 3.95. The standard InChI is InChI=1S/C22H27ClN2O/c23-21-8-6-18(7-9-21)10-13-24-22(26)17-25-14-11-20(12-15-25)16-19-4-2-1-3-5-19/h1-9,20H,10-17H2,(H,24,26). The van der Waals surface area contributed by atoms with E-state index in [4.69, 9.17) is 11.6 Å². The number of hydrogen-bond donors (Lipinski definition) is 1. The number of hydrogen-bond acceptors (Lipinski definition) is 2. The monoisotopic (exact) mass is 370 g/mol. The van der Waals surface area contributed by atoms with Gasteiger partial charge < -0.3 is 5.32 Å². The second-order valence-corrected chi connectivity index (χ2v) is 7.57. The van der Waals surface area contributed by atoms with Crippen LogP contribution in [-0.2, 0) is 17.6 Å². The molecular weight excluding hydrogens is 344 g/mol.